The molecule has 0 spiro atoms. The number of methoxy groups -OCH3 is 1. The largest absolute Gasteiger partial charge is 0.484 e. The molecule has 32 heavy (non-hydrogen) atoms. The first-order valence-electron chi connectivity index (χ1n) is 9.29. The molecule has 1 aliphatic rings. The van der Waals surface area contributed by atoms with Crippen LogP contribution in [-0.2, 0) is 19.6 Å². The van der Waals surface area contributed by atoms with Gasteiger partial charge in [0.25, 0.3) is 10.0 Å². The number of nitrogens with one attached hydrogen (secondary N) is 2. The van der Waals surface area contributed by atoms with Crippen molar-refractivity contribution >= 4 is 33.4 Å². The van der Waals surface area contributed by atoms with Gasteiger partial charge >= 0.3 is 12.6 Å². The molecule has 0 bridgehead atoms. The van der Waals surface area contributed by atoms with E-state index in [4.69, 9.17) is 4.74 Å². The van der Waals surface area contributed by atoms with Crippen LogP contribution in [0.1, 0.15) is 19.2 Å². The zero-order valence-electron chi connectivity index (χ0n) is 17.3. The van der Waals surface area contributed by atoms with Crippen LogP contribution in [0.15, 0.2) is 29.3 Å². The number of benzene rings is 1. The van der Waals surface area contributed by atoms with Crippen molar-refractivity contribution in [1.82, 2.24) is 15.1 Å². The van der Waals surface area contributed by atoms with Crippen LogP contribution in [0, 0.1) is 6.92 Å². The van der Waals surface area contributed by atoms with Crippen molar-refractivity contribution in [3.8, 4) is 5.75 Å². The average molecular weight is 473 g/mol. The molecule has 1 atom stereocenters. The summed E-state index contributed by atoms with van der Waals surface area (Å²) in [5, 5.41) is 8.56. The van der Waals surface area contributed by atoms with Crippen LogP contribution in [0.25, 0.3) is 0 Å². The molecule has 1 aliphatic heterocycles. The van der Waals surface area contributed by atoms with E-state index in [1.54, 1.807) is 0 Å². The van der Waals surface area contributed by atoms with E-state index in [1.165, 1.54) is 39.2 Å². The summed E-state index contributed by atoms with van der Waals surface area (Å²) in [6.07, 6.45) is -0.774. The van der Waals surface area contributed by atoms with Crippen LogP contribution in [0.4, 0.5) is 25.0 Å². The van der Waals surface area contributed by atoms with Gasteiger partial charge in [-0.05, 0) is 25.1 Å². The predicted molar refractivity (Wildman–Crippen MR) is 108 cm³/mol. The van der Waals surface area contributed by atoms with Crippen molar-refractivity contribution in [3.63, 3.8) is 0 Å². The highest BCUT2D eigenvalue weighted by Crippen LogP contribution is 2.39. The van der Waals surface area contributed by atoms with Gasteiger partial charge in [0.1, 0.15) is 16.7 Å². The number of aryl methyl sites for hydroxylation is 1. The van der Waals surface area contributed by atoms with Gasteiger partial charge in [0.05, 0.1) is 37.8 Å². The highest BCUT2D eigenvalue weighted by atomic mass is 32.2. The van der Waals surface area contributed by atoms with Gasteiger partial charge in [-0.2, -0.15) is 13.9 Å². The van der Waals surface area contributed by atoms with Crippen LogP contribution in [0.5, 0.6) is 5.75 Å². The normalized spacial score (nSPS) is 15.7. The number of fused-ring (bicyclic) bond motifs is 1. The number of halogens is 2. The van der Waals surface area contributed by atoms with Crippen molar-refractivity contribution in [2.75, 3.05) is 29.8 Å². The van der Waals surface area contributed by atoms with Crippen LogP contribution >= 0.6 is 0 Å². The molecule has 0 fully saturated rings. The Morgan fingerprint density at radius 2 is 2.09 bits per heavy atom. The minimum atomic E-state index is -4.36. The molecule has 0 unspecified atom stereocenters. The molecule has 3 rings (SSSR count). The SMILES string of the molecule is COC(=O)Nc1ccc2c(c1)N(S(=O)(=O)c1cn(C(F)F)nc1C)C[C@H](CNC(C)=O)O2. The minimum Gasteiger partial charge on any atom is -0.484 e. The molecule has 2 amide bonds. The molecule has 0 saturated carbocycles. The van der Waals surface area contributed by atoms with Crippen LogP contribution in [0.3, 0.4) is 0 Å². The fourth-order valence-corrected chi connectivity index (χ4v) is 4.74. The van der Waals surface area contributed by atoms with Gasteiger partial charge in [-0.15, -0.1) is 0 Å². The lowest BCUT2D eigenvalue weighted by Gasteiger charge is -2.35. The van der Waals surface area contributed by atoms with Gasteiger partial charge in [0.2, 0.25) is 5.91 Å². The van der Waals surface area contributed by atoms with Crippen molar-refractivity contribution in [3.05, 3.63) is 30.1 Å². The molecule has 174 valence electrons. The maximum Gasteiger partial charge on any atom is 0.411 e. The first kappa shape index (κ1) is 23.2. The van der Waals surface area contributed by atoms with Gasteiger partial charge in [-0.3, -0.25) is 14.4 Å². The summed E-state index contributed by atoms with van der Waals surface area (Å²) in [5.41, 5.74) is 0.183. The second kappa shape index (κ2) is 8.98. The maximum absolute atomic E-state index is 13.5. The lowest BCUT2D eigenvalue weighted by atomic mass is 10.2. The molecule has 0 saturated heterocycles. The number of nitrogens with zero attached hydrogens (tertiary/aromatic N) is 3. The zero-order valence-corrected chi connectivity index (χ0v) is 18.2. The summed E-state index contributed by atoms with van der Waals surface area (Å²) in [6.45, 7) is -0.623. The van der Waals surface area contributed by atoms with Crippen LogP contribution in [0.2, 0.25) is 0 Å². The van der Waals surface area contributed by atoms with E-state index >= 15 is 0 Å². The van der Waals surface area contributed by atoms with Crippen LogP contribution in [-0.4, -0.2) is 56.5 Å². The fourth-order valence-electron chi connectivity index (χ4n) is 3.09. The van der Waals surface area contributed by atoms with Gasteiger partial charge in [-0.25, -0.2) is 17.9 Å². The van der Waals surface area contributed by atoms with Gasteiger partial charge in [0.15, 0.2) is 0 Å². The van der Waals surface area contributed by atoms with Gasteiger partial charge in [0, 0.05) is 12.6 Å². The fraction of sp³-hybridized carbons (Fsp3) is 0.389. The topological polar surface area (TPSA) is 132 Å². The maximum atomic E-state index is 13.5. The van der Waals surface area contributed by atoms with E-state index in [9.17, 15) is 26.8 Å². The highest BCUT2D eigenvalue weighted by Gasteiger charge is 2.37. The number of hydrogen-bond acceptors (Lipinski definition) is 7. The number of carbonyl (C=O) groups excluding carboxylic acids is 2. The van der Waals surface area contributed by atoms with Crippen molar-refractivity contribution < 1.29 is 36.3 Å². The van der Waals surface area contributed by atoms with E-state index in [0.717, 1.165) is 10.5 Å². The number of aromatic nitrogens is 2. The summed E-state index contributed by atoms with van der Waals surface area (Å²) in [7, 11) is -3.19. The number of alkyl halides is 2. The van der Waals surface area contributed by atoms with E-state index in [0.29, 0.717) is 0 Å². The highest BCUT2D eigenvalue weighted by molar-refractivity contribution is 7.92. The number of ether oxygens (including phenoxy) is 2. The first-order chi connectivity index (χ1) is 15.0. The number of amides is 2. The summed E-state index contributed by atoms with van der Waals surface area (Å²) >= 11 is 0. The Kier molecular flexibility index (Phi) is 6.52. The Morgan fingerprint density at radius 1 is 1.38 bits per heavy atom. The molecule has 1 aromatic carbocycles. The Hall–Kier alpha value is -3.42. The number of anilines is 2. The molecule has 0 aliphatic carbocycles. The van der Waals surface area contributed by atoms with E-state index in [-0.39, 0.29) is 46.5 Å². The molecule has 1 aromatic heterocycles. The van der Waals surface area contributed by atoms with E-state index in [2.05, 4.69) is 20.5 Å². The third kappa shape index (κ3) is 4.74. The number of carbonyl (C=O) groups is 2. The molecule has 2 heterocycles. The number of hydrogen-bond donors (Lipinski definition) is 2. The van der Waals surface area contributed by atoms with Crippen molar-refractivity contribution in [2.45, 2.75) is 31.4 Å². The monoisotopic (exact) mass is 473 g/mol. The second-order valence-electron chi connectivity index (χ2n) is 6.85. The van der Waals surface area contributed by atoms with Crippen molar-refractivity contribution in [1.29, 1.82) is 0 Å². The molecule has 0 radical (unpaired) electrons. The first-order valence-corrected chi connectivity index (χ1v) is 10.7. The minimum absolute atomic E-state index is 0.0121. The second-order valence-corrected chi connectivity index (χ2v) is 8.68. The third-order valence-corrected chi connectivity index (χ3v) is 6.42. The number of rotatable bonds is 6. The Labute approximate surface area is 182 Å². The summed E-state index contributed by atoms with van der Waals surface area (Å²) in [5.74, 6) is -0.176. The molecular weight excluding hydrogens is 452 g/mol. The lowest BCUT2D eigenvalue weighted by Crippen LogP contribution is -2.48. The zero-order chi connectivity index (χ0) is 23.6. The molecule has 11 nitrogen and oxygen atoms in total. The van der Waals surface area contributed by atoms with Crippen LogP contribution < -0.4 is 19.7 Å². The third-order valence-electron chi connectivity index (χ3n) is 4.54. The lowest BCUT2D eigenvalue weighted by molar-refractivity contribution is -0.119. The van der Waals surface area contributed by atoms with Gasteiger partial charge < -0.3 is 14.8 Å². The summed E-state index contributed by atoms with van der Waals surface area (Å²) in [4.78, 5) is 22.4. The molecule has 14 heteroatoms. The predicted octanol–water partition coefficient (Wildman–Crippen LogP) is 1.86. The average Bonchev–Trinajstić information content (AvgIpc) is 3.14. The molecule has 2 N–H and O–H groups in total. The van der Waals surface area contributed by atoms with Crippen molar-refractivity contribution in [2.24, 2.45) is 0 Å². The molecular formula is C18H21F2N5O6S. The summed E-state index contributed by atoms with van der Waals surface area (Å²) < 4.78 is 64.6. The van der Waals surface area contributed by atoms with E-state index < -0.39 is 33.7 Å². The Bertz CT molecular complexity index is 1140. The smallest absolute Gasteiger partial charge is 0.411 e. The van der Waals surface area contributed by atoms with Gasteiger partial charge in [-0.1, -0.05) is 0 Å². The summed E-state index contributed by atoms with van der Waals surface area (Å²) in [6, 6.07) is 4.27. The molecule has 2 aromatic rings. The van der Waals surface area contributed by atoms with E-state index in [1.807, 2.05) is 0 Å². The Balaban J connectivity index is 2.06. The number of sulfonamides is 1. The standard InChI is InChI=1S/C18H21F2N5O6S/c1-10-16(9-24(23-10)17(19)20)32(28,29)25-8-13(7-21-11(2)26)31-15-5-4-12(6-14(15)25)22-18(27)30-3/h4-6,9,13,17H,7-8H2,1-3H3,(H,21,26)(H,22,27)/t13-/m0/s1. The quantitative estimate of drug-likeness (QED) is 0.655. The Morgan fingerprint density at radius 3 is 2.69 bits per heavy atom.